The van der Waals surface area contributed by atoms with Crippen LogP contribution in [-0.2, 0) is 14.4 Å². The lowest BCUT2D eigenvalue weighted by Gasteiger charge is -2.29. The molecule has 0 aliphatic carbocycles. The number of hydrogen-bond donors (Lipinski definition) is 3. The first-order chi connectivity index (χ1) is 19.1. The minimum Gasteiger partial charge on any atom is -0.493 e. The number of amides is 3. The second-order valence-electron chi connectivity index (χ2n) is 8.55. The molecule has 0 aromatic heterocycles. The topological polar surface area (TPSA) is 134 Å². The van der Waals surface area contributed by atoms with Crippen molar-refractivity contribution >= 4 is 81.1 Å². The van der Waals surface area contributed by atoms with Crippen molar-refractivity contribution in [1.82, 2.24) is 5.32 Å². The summed E-state index contributed by atoms with van der Waals surface area (Å²) < 4.78 is 11.8. The van der Waals surface area contributed by atoms with Crippen LogP contribution in [0.1, 0.15) is 21.5 Å². The summed E-state index contributed by atoms with van der Waals surface area (Å²) in [6, 6.07) is 16.2. The van der Waals surface area contributed by atoms with Gasteiger partial charge in [0.05, 0.1) is 21.9 Å². The number of thiocarbonyl (C=S) groups is 1. The van der Waals surface area contributed by atoms with Crippen LogP contribution in [0.4, 0.5) is 11.4 Å². The lowest BCUT2D eigenvalue weighted by atomic mass is 10.1. The zero-order valence-corrected chi connectivity index (χ0v) is 24.2. The largest absolute Gasteiger partial charge is 0.493 e. The molecule has 0 unspecified atom stereocenters. The quantitative estimate of drug-likeness (QED) is 0.141. The Morgan fingerprint density at radius 2 is 1.85 bits per heavy atom. The van der Waals surface area contributed by atoms with E-state index < -0.39 is 17.8 Å². The Bertz CT molecular complexity index is 1570. The molecule has 12 heteroatoms. The van der Waals surface area contributed by atoms with E-state index >= 15 is 0 Å². The summed E-state index contributed by atoms with van der Waals surface area (Å²) in [5.41, 5.74) is 2.08. The van der Waals surface area contributed by atoms with Crippen molar-refractivity contribution in [2.45, 2.75) is 6.92 Å². The summed E-state index contributed by atoms with van der Waals surface area (Å²) in [4.78, 5) is 50.9. The number of carboxylic acids is 1. The molecule has 3 N–H and O–H groups in total. The monoisotopic (exact) mass is 671 g/mol. The van der Waals surface area contributed by atoms with Crippen LogP contribution in [0.15, 0.2) is 66.2 Å². The number of carboxylic acid groups (broad SMARTS) is 1. The number of aromatic carboxylic acids is 1. The fourth-order valence-electron chi connectivity index (χ4n) is 3.77. The molecule has 1 fully saturated rings. The third-order valence-electron chi connectivity index (χ3n) is 5.70. The van der Waals surface area contributed by atoms with Crippen LogP contribution >= 0.6 is 34.8 Å². The number of nitrogens with zero attached hydrogens (tertiary/aromatic N) is 1. The van der Waals surface area contributed by atoms with Crippen LogP contribution in [0.5, 0.6) is 11.5 Å². The van der Waals surface area contributed by atoms with Gasteiger partial charge in [-0.3, -0.25) is 24.6 Å². The number of nitrogens with one attached hydrogen (secondary N) is 2. The van der Waals surface area contributed by atoms with E-state index in [1.54, 1.807) is 24.3 Å². The van der Waals surface area contributed by atoms with E-state index in [0.29, 0.717) is 20.6 Å². The van der Waals surface area contributed by atoms with Gasteiger partial charge in [-0.05, 0) is 95.8 Å². The van der Waals surface area contributed by atoms with E-state index in [1.165, 1.54) is 37.5 Å². The average molecular weight is 671 g/mol. The number of carbonyl (C=O) groups is 4. The van der Waals surface area contributed by atoms with Gasteiger partial charge in [0.2, 0.25) is 0 Å². The van der Waals surface area contributed by atoms with E-state index in [4.69, 9.17) is 21.7 Å². The number of carbonyl (C=O) groups excluding carboxylic acids is 3. The molecule has 0 radical (unpaired) electrons. The van der Waals surface area contributed by atoms with Gasteiger partial charge in [-0.2, -0.15) is 0 Å². The van der Waals surface area contributed by atoms with Crippen molar-refractivity contribution in [2.75, 3.05) is 23.9 Å². The van der Waals surface area contributed by atoms with Crippen LogP contribution in [0.3, 0.4) is 0 Å². The van der Waals surface area contributed by atoms with Gasteiger partial charge in [0.25, 0.3) is 17.7 Å². The zero-order chi connectivity index (χ0) is 29.0. The first kappa shape index (κ1) is 28.7. The number of aryl methyl sites for hydroxylation is 1. The maximum Gasteiger partial charge on any atom is 0.335 e. The molecular weight excluding hydrogens is 649 g/mol. The minimum absolute atomic E-state index is 0.0436. The zero-order valence-electron chi connectivity index (χ0n) is 21.2. The van der Waals surface area contributed by atoms with Gasteiger partial charge in [0, 0.05) is 5.69 Å². The molecular formula is C28H22IN3O7S. The molecule has 1 aliphatic heterocycles. The van der Waals surface area contributed by atoms with Gasteiger partial charge in [0.15, 0.2) is 23.2 Å². The third-order valence-corrected chi connectivity index (χ3v) is 6.78. The lowest BCUT2D eigenvalue weighted by molar-refractivity contribution is -0.122. The Kier molecular flexibility index (Phi) is 8.80. The van der Waals surface area contributed by atoms with Crippen LogP contribution in [0.2, 0.25) is 0 Å². The highest BCUT2D eigenvalue weighted by atomic mass is 127. The van der Waals surface area contributed by atoms with Crippen molar-refractivity contribution in [1.29, 1.82) is 0 Å². The predicted octanol–water partition coefficient (Wildman–Crippen LogP) is 4.16. The summed E-state index contributed by atoms with van der Waals surface area (Å²) in [5.74, 6) is -2.36. The molecule has 3 aromatic carbocycles. The molecule has 1 aliphatic rings. The number of anilines is 2. The Morgan fingerprint density at radius 3 is 2.52 bits per heavy atom. The fourth-order valence-corrected chi connectivity index (χ4v) is 4.83. The molecule has 40 heavy (non-hydrogen) atoms. The van der Waals surface area contributed by atoms with Crippen LogP contribution in [-0.4, -0.2) is 47.6 Å². The highest BCUT2D eigenvalue weighted by Crippen LogP contribution is 2.35. The number of halogens is 1. The Morgan fingerprint density at radius 1 is 1.12 bits per heavy atom. The van der Waals surface area contributed by atoms with Gasteiger partial charge >= 0.3 is 5.97 Å². The Balaban J connectivity index is 1.57. The van der Waals surface area contributed by atoms with Crippen molar-refractivity contribution in [2.24, 2.45) is 0 Å². The van der Waals surface area contributed by atoms with Crippen molar-refractivity contribution in [3.05, 3.63) is 86.5 Å². The minimum atomic E-state index is -1.17. The maximum atomic E-state index is 13.3. The molecule has 3 amide bonds. The molecule has 4 rings (SSSR count). The van der Waals surface area contributed by atoms with Crippen LogP contribution in [0.25, 0.3) is 6.08 Å². The Hall–Kier alpha value is -4.30. The maximum absolute atomic E-state index is 13.3. The van der Waals surface area contributed by atoms with Crippen LogP contribution in [0, 0.1) is 10.5 Å². The number of benzene rings is 3. The van der Waals surface area contributed by atoms with E-state index in [2.05, 4.69) is 10.6 Å². The molecule has 0 bridgehead atoms. The highest BCUT2D eigenvalue weighted by molar-refractivity contribution is 14.1. The normalized spacial score (nSPS) is 14.1. The second kappa shape index (κ2) is 12.3. The lowest BCUT2D eigenvalue weighted by Crippen LogP contribution is -2.54. The summed E-state index contributed by atoms with van der Waals surface area (Å²) in [7, 11) is 1.43. The summed E-state index contributed by atoms with van der Waals surface area (Å²) in [6.45, 7) is 1.67. The van der Waals surface area contributed by atoms with E-state index in [1.807, 2.05) is 41.6 Å². The fraction of sp³-hybridized carbons (Fsp3) is 0.107. The second-order valence-corrected chi connectivity index (χ2v) is 10.1. The number of ether oxygens (including phenoxy) is 2. The van der Waals surface area contributed by atoms with Gasteiger partial charge in [-0.15, -0.1) is 0 Å². The van der Waals surface area contributed by atoms with Gasteiger partial charge < -0.3 is 19.9 Å². The van der Waals surface area contributed by atoms with Gasteiger partial charge in [-0.25, -0.2) is 4.79 Å². The van der Waals surface area contributed by atoms with Crippen LogP contribution < -0.4 is 25.0 Å². The van der Waals surface area contributed by atoms with Gasteiger partial charge in [-0.1, -0.05) is 23.8 Å². The molecule has 10 nitrogen and oxygen atoms in total. The van der Waals surface area contributed by atoms with E-state index in [0.717, 1.165) is 10.5 Å². The summed E-state index contributed by atoms with van der Waals surface area (Å²) in [5, 5.41) is 14.4. The Labute approximate surface area is 248 Å². The summed E-state index contributed by atoms with van der Waals surface area (Å²) in [6.07, 6.45) is 1.37. The molecule has 204 valence electrons. The SMILES string of the molecule is COc1cc(C=C2C(=O)NC(=S)N(c3cccc(C(=O)O)c3)C2=O)cc(I)c1OCC(=O)Nc1ccc(C)cc1. The van der Waals surface area contributed by atoms with Crippen molar-refractivity contribution in [3.8, 4) is 11.5 Å². The van der Waals surface area contributed by atoms with Crippen molar-refractivity contribution in [3.63, 3.8) is 0 Å². The number of hydrogen-bond acceptors (Lipinski definition) is 7. The molecule has 1 saturated heterocycles. The summed E-state index contributed by atoms with van der Waals surface area (Å²) >= 11 is 7.19. The first-order valence-corrected chi connectivity index (χ1v) is 13.2. The van der Waals surface area contributed by atoms with Crippen molar-refractivity contribution < 1.29 is 33.8 Å². The van der Waals surface area contributed by atoms with E-state index in [9.17, 15) is 24.3 Å². The van der Waals surface area contributed by atoms with E-state index in [-0.39, 0.29) is 40.2 Å². The molecule has 3 aromatic rings. The molecule has 0 spiro atoms. The average Bonchev–Trinajstić information content (AvgIpc) is 2.91. The molecule has 1 heterocycles. The number of methoxy groups -OCH3 is 1. The number of rotatable bonds is 8. The first-order valence-electron chi connectivity index (χ1n) is 11.7. The predicted molar refractivity (Wildman–Crippen MR) is 161 cm³/mol. The molecule has 0 atom stereocenters. The molecule has 0 saturated carbocycles. The third kappa shape index (κ3) is 6.46. The standard InChI is InChI=1S/C28H22IN3O7S/c1-15-6-8-18(9-7-15)30-23(33)14-39-24-21(29)11-16(12-22(24)38-2)10-20-25(34)31-28(40)32(26(20)35)19-5-3-4-17(13-19)27(36)37/h3-13H,14H2,1-2H3,(H,30,33)(H,36,37)(H,31,34,40). The highest BCUT2D eigenvalue weighted by Gasteiger charge is 2.35. The smallest absolute Gasteiger partial charge is 0.335 e. The van der Waals surface area contributed by atoms with Gasteiger partial charge in [0.1, 0.15) is 5.57 Å².